The Morgan fingerprint density at radius 2 is 1.02 bits per heavy atom. The molecule has 0 spiro atoms. The quantitative estimate of drug-likeness (QED) is 0.169. The Morgan fingerprint density at radius 3 is 1.56 bits per heavy atom. The molecule has 0 aromatic heterocycles. The number of allylic oxidation sites excluding steroid dienone is 2. The first-order valence-electron chi connectivity index (χ1n) is 20.2. The van der Waals surface area contributed by atoms with Crippen LogP contribution in [0, 0.1) is 41.5 Å². The molecule has 0 fully saturated rings. The SMILES string of the molecule is Cc1cc(C)c(B2C3=C4C(=CCC3)N3c5ccc(C(C)(C)C)cc5B(c5c(C)cc(C)cc5C)c5cccc(c53)N4c3ccc(C(C)(C)C)cc32)c(C)c1. The van der Waals surface area contributed by atoms with Gasteiger partial charge in [0.2, 0.25) is 13.4 Å². The minimum absolute atomic E-state index is 0.0353. The first-order valence-corrected chi connectivity index (χ1v) is 20.2. The molecular formula is C50H54B2N2. The summed E-state index contributed by atoms with van der Waals surface area (Å²) in [6.07, 6.45) is 4.63. The standard InChI is InChI=1S/C50H54B2N2/c1-29-23-31(3)45(32(4)24-29)51-37-15-13-17-43-47(37)53(41-21-19-35(27-39(41)51)49(7,8)9)44-18-14-16-38-48(44)54(43)42-22-20-36(50(10,11)12)28-40(42)52(38)46-33(5)25-30(2)26-34(46)6/h13,15,17-28H,14,16H2,1-12H3. The zero-order valence-corrected chi connectivity index (χ0v) is 34.5. The van der Waals surface area contributed by atoms with Gasteiger partial charge in [-0.2, -0.15) is 0 Å². The summed E-state index contributed by atoms with van der Waals surface area (Å²) in [5, 5.41) is 0. The third kappa shape index (κ3) is 5.08. The van der Waals surface area contributed by atoms with E-state index in [4.69, 9.17) is 0 Å². The number of fused-ring (bicyclic) bond motifs is 6. The van der Waals surface area contributed by atoms with Crippen molar-refractivity contribution in [2.45, 2.75) is 107 Å². The van der Waals surface area contributed by atoms with Crippen molar-refractivity contribution < 1.29 is 0 Å². The van der Waals surface area contributed by atoms with Crippen LogP contribution in [0.1, 0.15) is 98.9 Å². The summed E-state index contributed by atoms with van der Waals surface area (Å²) in [5.41, 5.74) is 27.8. The summed E-state index contributed by atoms with van der Waals surface area (Å²) in [5.74, 6) is 0. The molecule has 5 aromatic carbocycles. The highest BCUT2D eigenvalue weighted by molar-refractivity contribution is 6.98. The first kappa shape index (κ1) is 35.0. The molecular weight excluding hydrogens is 650 g/mol. The molecule has 270 valence electrons. The number of benzene rings is 5. The maximum Gasteiger partial charge on any atom is 0.247 e. The van der Waals surface area contributed by atoms with Crippen molar-refractivity contribution in [2.24, 2.45) is 0 Å². The monoisotopic (exact) mass is 704 g/mol. The van der Waals surface area contributed by atoms with Crippen LogP contribution in [0.15, 0.2) is 102 Å². The number of aryl methyl sites for hydroxylation is 6. The lowest BCUT2D eigenvalue weighted by Crippen LogP contribution is -2.61. The molecule has 0 amide bonds. The Labute approximate surface area is 325 Å². The van der Waals surface area contributed by atoms with Crippen LogP contribution < -0.4 is 37.1 Å². The van der Waals surface area contributed by atoms with E-state index < -0.39 is 0 Å². The van der Waals surface area contributed by atoms with Crippen LogP contribution in [0.25, 0.3) is 0 Å². The normalized spacial score (nSPS) is 15.9. The van der Waals surface area contributed by atoms with Gasteiger partial charge in [0.05, 0.1) is 22.8 Å². The molecule has 0 saturated heterocycles. The zero-order chi connectivity index (χ0) is 38.2. The number of hydrogen-bond acceptors (Lipinski definition) is 2. The minimum Gasteiger partial charge on any atom is -0.308 e. The maximum absolute atomic E-state index is 2.67. The molecule has 9 rings (SSSR count). The summed E-state index contributed by atoms with van der Waals surface area (Å²) in [4.78, 5) is 5.35. The Bertz CT molecular complexity index is 2460. The van der Waals surface area contributed by atoms with Gasteiger partial charge >= 0.3 is 0 Å². The topological polar surface area (TPSA) is 6.48 Å². The van der Waals surface area contributed by atoms with Crippen molar-refractivity contribution in [3.63, 3.8) is 0 Å². The summed E-state index contributed by atoms with van der Waals surface area (Å²) in [6, 6.07) is 31.5. The predicted octanol–water partition coefficient (Wildman–Crippen LogP) is 9.35. The third-order valence-corrected chi connectivity index (χ3v) is 12.9. The van der Waals surface area contributed by atoms with E-state index >= 15 is 0 Å². The average molecular weight is 705 g/mol. The van der Waals surface area contributed by atoms with Crippen molar-refractivity contribution in [2.75, 3.05) is 9.80 Å². The molecule has 1 aliphatic carbocycles. The van der Waals surface area contributed by atoms with Gasteiger partial charge < -0.3 is 9.80 Å². The molecule has 0 radical (unpaired) electrons. The van der Waals surface area contributed by atoms with E-state index in [0.29, 0.717) is 0 Å². The average Bonchev–Trinajstić information content (AvgIpc) is 3.09. The lowest BCUT2D eigenvalue weighted by molar-refractivity contribution is 0.590. The van der Waals surface area contributed by atoms with Crippen molar-refractivity contribution in [3.8, 4) is 0 Å². The van der Waals surface area contributed by atoms with E-state index in [1.54, 1.807) is 5.47 Å². The van der Waals surface area contributed by atoms with Gasteiger partial charge in [-0.1, -0.05) is 158 Å². The molecule has 0 bridgehead atoms. The van der Waals surface area contributed by atoms with Crippen LogP contribution in [0.4, 0.5) is 22.7 Å². The summed E-state index contributed by atoms with van der Waals surface area (Å²) >= 11 is 0. The fraction of sp³-hybridized carbons (Fsp3) is 0.320. The van der Waals surface area contributed by atoms with Crippen LogP contribution in [0.2, 0.25) is 0 Å². The second-order valence-electron chi connectivity index (χ2n) is 18.9. The summed E-state index contributed by atoms with van der Waals surface area (Å²) in [6.45, 7) is 28.2. The van der Waals surface area contributed by atoms with E-state index in [9.17, 15) is 0 Å². The number of nitrogens with zero attached hydrogens (tertiary/aromatic N) is 2. The Kier molecular flexibility index (Phi) is 7.72. The molecule has 5 aromatic rings. The highest BCUT2D eigenvalue weighted by Gasteiger charge is 2.49. The number of rotatable bonds is 2. The van der Waals surface area contributed by atoms with Crippen molar-refractivity contribution in [3.05, 3.63) is 146 Å². The van der Waals surface area contributed by atoms with Crippen molar-refractivity contribution in [1.29, 1.82) is 0 Å². The van der Waals surface area contributed by atoms with Gasteiger partial charge in [0.25, 0.3) is 0 Å². The number of anilines is 4. The maximum atomic E-state index is 2.67. The van der Waals surface area contributed by atoms with Gasteiger partial charge in [0.15, 0.2) is 0 Å². The van der Waals surface area contributed by atoms with Gasteiger partial charge in [0, 0.05) is 11.4 Å². The molecule has 3 aliphatic heterocycles. The smallest absolute Gasteiger partial charge is 0.247 e. The fourth-order valence-corrected chi connectivity index (χ4v) is 10.6. The van der Waals surface area contributed by atoms with E-state index in [1.807, 2.05) is 0 Å². The molecule has 54 heavy (non-hydrogen) atoms. The van der Waals surface area contributed by atoms with Crippen LogP contribution in [0.5, 0.6) is 0 Å². The molecule has 0 saturated carbocycles. The van der Waals surface area contributed by atoms with E-state index in [-0.39, 0.29) is 24.3 Å². The second-order valence-corrected chi connectivity index (χ2v) is 18.9. The second kappa shape index (κ2) is 11.9. The Hall–Kier alpha value is -4.69. The van der Waals surface area contributed by atoms with Gasteiger partial charge in [-0.15, -0.1) is 0 Å². The fourth-order valence-electron chi connectivity index (χ4n) is 10.6. The zero-order valence-electron chi connectivity index (χ0n) is 34.5. The van der Waals surface area contributed by atoms with E-state index in [0.717, 1.165) is 12.8 Å². The van der Waals surface area contributed by atoms with E-state index in [1.165, 1.54) is 106 Å². The Balaban J connectivity index is 1.39. The summed E-state index contributed by atoms with van der Waals surface area (Å²) in [7, 11) is 0. The molecule has 0 unspecified atom stereocenters. The van der Waals surface area contributed by atoms with Gasteiger partial charge in [-0.25, -0.2) is 0 Å². The number of hydrogen-bond donors (Lipinski definition) is 0. The predicted molar refractivity (Wildman–Crippen MR) is 236 cm³/mol. The highest BCUT2D eigenvalue weighted by Crippen LogP contribution is 2.54. The van der Waals surface area contributed by atoms with Crippen molar-refractivity contribution in [1.82, 2.24) is 0 Å². The molecule has 2 nitrogen and oxygen atoms in total. The van der Waals surface area contributed by atoms with Gasteiger partial charge in [-0.3, -0.25) is 0 Å². The molecule has 0 N–H and O–H groups in total. The molecule has 4 aliphatic rings. The van der Waals surface area contributed by atoms with Crippen molar-refractivity contribution >= 4 is 63.5 Å². The minimum atomic E-state index is 0.0353. The highest BCUT2D eigenvalue weighted by atomic mass is 15.3. The summed E-state index contributed by atoms with van der Waals surface area (Å²) < 4.78 is 0. The largest absolute Gasteiger partial charge is 0.308 e. The lowest BCUT2D eigenvalue weighted by atomic mass is 9.32. The third-order valence-electron chi connectivity index (χ3n) is 12.9. The Morgan fingerprint density at radius 1 is 0.519 bits per heavy atom. The molecule has 4 heteroatoms. The molecule has 0 atom stereocenters. The number of para-hydroxylation sites is 1. The van der Waals surface area contributed by atoms with Crippen LogP contribution >= 0.6 is 0 Å². The van der Waals surface area contributed by atoms with Gasteiger partial charge in [0.1, 0.15) is 0 Å². The van der Waals surface area contributed by atoms with Gasteiger partial charge in [-0.05, 0) is 111 Å². The first-order chi connectivity index (χ1) is 25.5. The van der Waals surface area contributed by atoms with Crippen LogP contribution in [0.3, 0.4) is 0 Å². The lowest BCUT2D eigenvalue weighted by Gasteiger charge is -2.52. The van der Waals surface area contributed by atoms with E-state index in [2.05, 4.69) is 178 Å². The van der Waals surface area contributed by atoms with Crippen LogP contribution in [-0.4, -0.2) is 13.4 Å². The van der Waals surface area contributed by atoms with Crippen LogP contribution in [-0.2, 0) is 10.8 Å². The molecule has 3 heterocycles.